The van der Waals surface area contributed by atoms with Crippen LogP contribution in [0.3, 0.4) is 0 Å². The zero-order valence-corrected chi connectivity index (χ0v) is 19.8. The number of rotatable bonds is 5. The molecule has 3 aromatic rings. The van der Waals surface area contributed by atoms with Gasteiger partial charge in [-0.2, -0.15) is 4.31 Å². The Kier molecular flexibility index (Phi) is 5.54. The number of halogens is 1. The number of ether oxygens (including phenoxy) is 1. The Labute approximate surface area is 190 Å². The Morgan fingerprint density at radius 3 is 2.29 bits per heavy atom. The molecular weight excluding hydrogens is 478 g/mol. The van der Waals surface area contributed by atoms with Gasteiger partial charge in [-0.05, 0) is 59.6 Å². The predicted octanol–water partition coefficient (Wildman–Crippen LogP) is 5.24. The fraction of sp³-hybridized carbons (Fsp3) is 0.208. The Morgan fingerprint density at radius 2 is 1.61 bits per heavy atom. The third-order valence-corrected chi connectivity index (χ3v) is 8.39. The summed E-state index contributed by atoms with van der Waals surface area (Å²) < 4.78 is 35.1. The van der Waals surface area contributed by atoms with Crippen LogP contribution in [0.25, 0.3) is 10.8 Å². The maximum absolute atomic E-state index is 13.8. The summed E-state index contributed by atoms with van der Waals surface area (Å²) in [6.45, 7) is 5.46. The molecule has 1 heterocycles. The maximum atomic E-state index is 13.8. The first-order valence-corrected chi connectivity index (χ1v) is 12.1. The van der Waals surface area contributed by atoms with Gasteiger partial charge in [-0.3, -0.25) is 4.79 Å². The second kappa shape index (κ2) is 7.89. The van der Waals surface area contributed by atoms with Crippen LogP contribution in [0.4, 0.5) is 0 Å². The van der Waals surface area contributed by atoms with Crippen LogP contribution in [-0.2, 0) is 25.3 Å². The van der Waals surface area contributed by atoms with Crippen LogP contribution in [0, 0.1) is 6.92 Å². The van der Waals surface area contributed by atoms with E-state index in [-0.39, 0.29) is 17.1 Å². The molecule has 4 rings (SSSR count). The van der Waals surface area contributed by atoms with Crippen molar-refractivity contribution in [3.8, 4) is 0 Å². The second-order valence-corrected chi connectivity index (χ2v) is 10.0. The Morgan fingerprint density at radius 1 is 0.968 bits per heavy atom. The molecule has 1 amide bonds. The number of hydrogen-bond acceptors (Lipinski definition) is 4. The number of amides is 1. The lowest BCUT2D eigenvalue weighted by Crippen LogP contribution is -2.50. The minimum Gasteiger partial charge on any atom is -0.346 e. The monoisotopic (exact) mass is 499 g/mol. The minimum absolute atomic E-state index is 0.0331. The molecule has 0 saturated heterocycles. The molecule has 0 fully saturated rings. The molecule has 7 heteroatoms. The number of nitrogens with zero attached hydrogens (tertiary/aromatic N) is 1. The molecule has 5 nitrogen and oxygen atoms in total. The van der Waals surface area contributed by atoms with Crippen molar-refractivity contribution in [1.29, 1.82) is 0 Å². The van der Waals surface area contributed by atoms with Crippen LogP contribution in [0.5, 0.6) is 0 Å². The number of sulfonamides is 1. The van der Waals surface area contributed by atoms with Gasteiger partial charge in [0.2, 0.25) is 5.72 Å². The van der Waals surface area contributed by atoms with Crippen LogP contribution >= 0.6 is 15.9 Å². The highest BCUT2D eigenvalue weighted by atomic mass is 79.9. The molecule has 0 saturated carbocycles. The molecule has 0 bridgehead atoms. The lowest BCUT2D eigenvalue weighted by molar-refractivity contribution is -0.138. The molecule has 0 aromatic heterocycles. The largest absolute Gasteiger partial charge is 0.346 e. The van der Waals surface area contributed by atoms with Crippen LogP contribution < -0.4 is 0 Å². The van der Waals surface area contributed by atoms with Crippen molar-refractivity contribution in [1.82, 2.24) is 4.31 Å². The quantitative estimate of drug-likeness (QED) is 0.481. The van der Waals surface area contributed by atoms with Crippen LogP contribution in [0.1, 0.15) is 25.0 Å². The highest BCUT2D eigenvalue weighted by Crippen LogP contribution is 2.51. The molecule has 1 atom stereocenters. The first kappa shape index (κ1) is 21.7. The van der Waals surface area contributed by atoms with Gasteiger partial charge in [-0.1, -0.05) is 60.2 Å². The summed E-state index contributed by atoms with van der Waals surface area (Å²) in [6, 6.07) is 19.7. The number of carbonyl (C=O) groups excluding carboxylic acids is 1. The average Bonchev–Trinajstić information content (AvgIpc) is 2.95. The van der Waals surface area contributed by atoms with E-state index in [0.29, 0.717) is 10.0 Å². The third-order valence-electron chi connectivity index (χ3n) is 5.49. The van der Waals surface area contributed by atoms with E-state index < -0.39 is 21.7 Å². The fourth-order valence-corrected chi connectivity index (χ4v) is 6.40. The first-order chi connectivity index (χ1) is 14.7. The number of carbonyl (C=O) groups is 1. The van der Waals surface area contributed by atoms with E-state index in [1.807, 2.05) is 49.4 Å². The number of hydrogen-bond donors (Lipinski definition) is 0. The van der Waals surface area contributed by atoms with E-state index in [9.17, 15) is 13.2 Å². The number of benzene rings is 3. The molecule has 0 N–H and O–H groups in total. The van der Waals surface area contributed by atoms with Gasteiger partial charge >= 0.3 is 0 Å². The van der Waals surface area contributed by atoms with Gasteiger partial charge in [0, 0.05) is 17.7 Å². The minimum atomic E-state index is -4.23. The summed E-state index contributed by atoms with van der Waals surface area (Å²) in [7, 11) is -4.23. The Hall–Kier alpha value is -2.48. The highest BCUT2D eigenvalue weighted by Gasteiger charge is 2.58. The Bertz CT molecular complexity index is 1310. The van der Waals surface area contributed by atoms with Crippen molar-refractivity contribution >= 4 is 42.6 Å². The smallest absolute Gasteiger partial charge is 0.269 e. The van der Waals surface area contributed by atoms with Gasteiger partial charge in [0.15, 0.2) is 0 Å². The predicted molar refractivity (Wildman–Crippen MR) is 124 cm³/mol. The summed E-state index contributed by atoms with van der Waals surface area (Å²) in [4.78, 5) is 13.4. The lowest BCUT2D eigenvalue weighted by Gasteiger charge is -2.39. The van der Waals surface area contributed by atoms with Crippen LogP contribution in [-0.4, -0.2) is 25.2 Å². The van der Waals surface area contributed by atoms with Gasteiger partial charge in [-0.15, -0.1) is 0 Å². The lowest BCUT2D eigenvalue weighted by atomic mass is 9.95. The second-order valence-electron chi connectivity index (χ2n) is 7.43. The first-order valence-electron chi connectivity index (χ1n) is 9.90. The third kappa shape index (κ3) is 3.23. The van der Waals surface area contributed by atoms with Crippen LogP contribution in [0.15, 0.2) is 81.7 Å². The molecule has 0 spiro atoms. The van der Waals surface area contributed by atoms with Crippen molar-refractivity contribution in [2.24, 2.45) is 0 Å². The van der Waals surface area contributed by atoms with Crippen LogP contribution in [0.2, 0.25) is 0 Å². The highest BCUT2D eigenvalue weighted by molar-refractivity contribution is 9.11. The molecular formula is C24H22BrNO4S. The molecule has 31 heavy (non-hydrogen) atoms. The zero-order chi connectivity index (χ0) is 22.4. The summed E-state index contributed by atoms with van der Waals surface area (Å²) in [5.41, 5.74) is 0.158. The summed E-state index contributed by atoms with van der Waals surface area (Å²) in [5, 5.41) is 1.73. The van der Waals surface area contributed by atoms with E-state index in [0.717, 1.165) is 20.6 Å². The van der Waals surface area contributed by atoms with Gasteiger partial charge in [0.25, 0.3) is 15.9 Å². The molecule has 160 valence electrons. The van der Waals surface area contributed by atoms with Gasteiger partial charge < -0.3 is 4.74 Å². The summed E-state index contributed by atoms with van der Waals surface area (Å²) in [5.74, 6) is -0.617. The number of aryl methyl sites for hydroxylation is 1. The normalized spacial score (nSPS) is 19.5. The van der Waals surface area contributed by atoms with E-state index in [2.05, 4.69) is 15.9 Å². The van der Waals surface area contributed by atoms with Crippen molar-refractivity contribution in [3.05, 3.63) is 87.9 Å². The van der Waals surface area contributed by atoms with Crippen molar-refractivity contribution in [2.45, 2.75) is 31.4 Å². The van der Waals surface area contributed by atoms with Crippen molar-refractivity contribution in [2.75, 3.05) is 6.61 Å². The van der Waals surface area contributed by atoms with Gasteiger partial charge in [0.1, 0.15) is 0 Å². The standard InChI is InChI=1S/C24H22BrNO4S/c1-4-30-24(21-11-7-9-18-8-5-6-10-20(18)21)22(25)17(3)23(27)26(24)31(28,29)19-14-12-16(2)13-15-19/h5-15H,4H2,1-3H3. The van der Waals surface area contributed by atoms with E-state index in [1.165, 1.54) is 12.1 Å². The van der Waals surface area contributed by atoms with Gasteiger partial charge in [-0.25, -0.2) is 8.42 Å². The molecule has 1 aliphatic heterocycles. The summed E-state index contributed by atoms with van der Waals surface area (Å²) >= 11 is 3.54. The topological polar surface area (TPSA) is 63.7 Å². The molecule has 0 radical (unpaired) electrons. The van der Waals surface area contributed by atoms with Crippen molar-refractivity contribution in [3.63, 3.8) is 0 Å². The number of fused-ring (bicyclic) bond motifs is 1. The van der Waals surface area contributed by atoms with E-state index >= 15 is 0 Å². The van der Waals surface area contributed by atoms with E-state index in [4.69, 9.17) is 4.74 Å². The molecule has 1 unspecified atom stereocenters. The van der Waals surface area contributed by atoms with Gasteiger partial charge in [0.05, 0.1) is 9.38 Å². The van der Waals surface area contributed by atoms with Crippen molar-refractivity contribution < 1.29 is 17.9 Å². The summed E-state index contributed by atoms with van der Waals surface area (Å²) in [6.07, 6.45) is 0. The molecule has 0 aliphatic carbocycles. The maximum Gasteiger partial charge on any atom is 0.269 e. The SMILES string of the molecule is CCOC1(c2cccc3ccccc23)C(Br)=C(C)C(=O)N1S(=O)(=O)c1ccc(C)cc1. The zero-order valence-electron chi connectivity index (χ0n) is 17.4. The molecule has 3 aromatic carbocycles. The Balaban J connectivity index is 2.06. The average molecular weight is 500 g/mol. The van der Waals surface area contributed by atoms with E-state index in [1.54, 1.807) is 26.0 Å². The molecule has 1 aliphatic rings. The fourth-order valence-electron chi connectivity index (χ4n) is 3.98.